The van der Waals surface area contributed by atoms with E-state index in [4.69, 9.17) is 9.47 Å². The van der Waals surface area contributed by atoms with Gasteiger partial charge in [0.25, 0.3) is 5.91 Å². The van der Waals surface area contributed by atoms with Gasteiger partial charge >= 0.3 is 5.97 Å². The molecular formula is C28H33N5O6. The Kier molecular flexibility index (Phi) is 6.11. The molecule has 1 spiro atoms. The Morgan fingerprint density at radius 3 is 2.69 bits per heavy atom. The van der Waals surface area contributed by atoms with Crippen molar-refractivity contribution in [1.82, 2.24) is 24.8 Å². The van der Waals surface area contributed by atoms with Gasteiger partial charge in [-0.1, -0.05) is 55.8 Å². The van der Waals surface area contributed by atoms with E-state index >= 15 is 0 Å². The lowest BCUT2D eigenvalue weighted by atomic mass is 9.75. The zero-order valence-electron chi connectivity index (χ0n) is 22.3. The second kappa shape index (κ2) is 9.27. The van der Waals surface area contributed by atoms with Crippen LogP contribution < -0.4 is 0 Å². The van der Waals surface area contributed by atoms with E-state index in [1.807, 2.05) is 44.2 Å². The van der Waals surface area contributed by atoms with Gasteiger partial charge in [0.1, 0.15) is 36.4 Å². The molecule has 11 nitrogen and oxygen atoms in total. The summed E-state index contributed by atoms with van der Waals surface area (Å²) in [5, 5.41) is 18.9. The number of aliphatic hydroxyl groups is 1. The van der Waals surface area contributed by atoms with Crippen molar-refractivity contribution in [1.29, 1.82) is 0 Å². The predicted molar refractivity (Wildman–Crippen MR) is 139 cm³/mol. The van der Waals surface area contributed by atoms with Crippen LogP contribution in [0.4, 0.5) is 0 Å². The first-order valence-corrected chi connectivity index (χ1v) is 13.5. The summed E-state index contributed by atoms with van der Waals surface area (Å²) in [6.07, 6.45) is 7.77. The SMILES string of the molecule is CC[C@H](C)[C@H](CO)N1C(=O)[C@@H]2[C@H]3C(=O)OCC=C[C@@]3(C)O[C@@]23C=CCN(Cn2nnc4ccccc42)C(=O)C13. The predicted octanol–water partition coefficient (Wildman–Crippen LogP) is 1.28. The molecular weight excluding hydrogens is 502 g/mol. The molecule has 1 aromatic carbocycles. The molecule has 11 heteroatoms. The summed E-state index contributed by atoms with van der Waals surface area (Å²) in [4.78, 5) is 45.2. The molecule has 2 fully saturated rings. The normalized spacial score (nSPS) is 33.4. The lowest BCUT2D eigenvalue weighted by molar-refractivity contribution is -0.161. The van der Waals surface area contributed by atoms with Crippen LogP contribution in [0.2, 0.25) is 0 Å². The Bertz CT molecular complexity index is 1390. The highest BCUT2D eigenvalue weighted by Gasteiger charge is 2.75. The minimum atomic E-state index is -1.41. The molecule has 2 saturated heterocycles. The minimum absolute atomic E-state index is 0.0931. The molecule has 6 rings (SSSR count). The number of esters is 1. The van der Waals surface area contributed by atoms with Gasteiger partial charge in [-0.25, -0.2) is 4.68 Å². The summed E-state index contributed by atoms with van der Waals surface area (Å²) < 4.78 is 13.8. The molecule has 0 saturated carbocycles. The average molecular weight is 536 g/mol. The number of nitrogens with zero attached hydrogens (tertiary/aromatic N) is 5. The van der Waals surface area contributed by atoms with Crippen LogP contribution in [-0.2, 0) is 30.5 Å². The summed E-state index contributed by atoms with van der Waals surface area (Å²) in [6.45, 7) is 5.81. The number of hydrogen-bond acceptors (Lipinski definition) is 8. The first-order valence-electron chi connectivity index (χ1n) is 13.5. The summed E-state index contributed by atoms with van der Waals surface area (Å²) in [6, 6.07) is 5.77. The Morgan fingerprint density at radius 2 is 1.92 bits per heavy atom. The van der Waals surface area contributed by atoms with Gasteiger partial charge in [-0.15, -0.1) is 5.10 Å². The van der Waals surface area contributed by atoms with E-state index in [1.165, 1.54) is 4.90 Å². The van der Waals surface area contributed by atoms with Gasteiger partial charge in [0.05, 0.1) is 29.7 Å². The Hall–Kier alpha value is -3.57. The van der Waals surface area contributed by atoms with Crippen molar-refractivity contribution in [2.24, 2.45) is 17.8 Å². The van der Waals surface area contributed by atoms with Crippen molar-refractivity contribution in [3.05, 3.63) is 48.6 Å². The van der Waals surface area contributed by atoms with Crippen molar-refractivity contribution >= 4 is 28.8 Å². The molecule has 39 heavy (non-hydrogen) atoms. The number of fused-ring (bicyclic) bond motifs is 3. The van der Waals surface area contributed by atoms with Crippen molar-refractivity contribution in [2.75, 3.05) is 19.8 Å². The van der Waals surface area contributed by atoms with E-state index in [0.29, 0.717) is 11.9 Å². The van der Waals surface area contributed by atoms with Gasteiger partial charge in [0, 0.05) is 6.54 Å². The highest BCUT2D eigenvalue weighted by Crippen LogP contribution is 2.58. The molecule has 0 aliphatic carbocycles. The third-order valence-corrected chi connectivity index (χ3v) is 8.90. The molecule has 4 aliphatic heterocycles. The number of likely N-dealkylation sites (tertiary alicyclic amines) is 1. The zero-order valence-corrected chi connectivity index (χ0v) is 22.3. The monoisotopic (exact) mass is 535 g/mol. The summed E-state index contributed by atoms with van der Waals surface area (Å²) in [5.41, 5.74) is -1.06. The van der Waals surface area contributed by atoms with Crippen LogP contribution in [0.15, 0.2) is 48.6 Å². The minimum Gasteiger partial charge on any atom is -0.461 e. The largest absolute Gasteiger partial charge is 0.461 e. The number of carbonyl (C=O) groups is 3. The van der Waals surface area contributed by atoms with E-state index in [1.54, 1.807) is 34.7 Å². The van der Waals surface area contributed by atoms with E-state index < -0.39 is 41.1 Å². The zero-order chi connectivity index (χ0) is 27.5. The number of cyclic esters (lactones) is 1. The molecule has 206 valence electrons. The van der Waals surface area contributed by atoms with Crippen LogP contribution in [0, 0.1) is 17.8 Å². The number of para-hydroxylation sites is 1. The first-order chi connectivity index (χ1) is 18.8. The van der Waals surface area contributed by atoms with Crippen LogP contribution in [0.5, 0.6) is 0 Å². The molecule has 1 N–H and O–H groups in total. The Morgan fingerprint density at radius 1 is 1.13 bits per heavy atom. The van der Waals surface area contributed by atoms with Crippen molar-refractivity contribution in [3.63, 3.8) is 0 Å². The van der Waals surface area contributed by atoms with Gasteiger partial charge in [-0.3, -0.25) is 14.4 Å². The second-order valence-corrected chi connectivity index (χ2v) is 11.1. The second-order valence-electron chi connectivity index (χ2n) is 11.1. The summed E-state index contributed by atoms with van der Waals surface area (Å²) in [7, 11) is 0. The van der Waals surface area contributed by atoms with E-state index in [-0.39, 0.29) is 44.2 Å². The highest BCUT2D eigenvalue weighted by atomic mass is 16.6. The van der Waals surface area contributed by atoms with Crippen molar-refractivity contribution in [2.45, 2.75) is 57.1 Å². The maximum atomic E-state index is 14.5. The van der Waals surface area contributed by atoms with Gasteiger partial charge in [0.15, 0.2) is 0 Å². The average Bonchev–Trinajstić information content (AvgIpc) is 3.45. The van der Waals surface area contributed by atoms with Crippen molar-refractivity contribution in [3.8, 4) is 0 Å². The summed E-state index contributed by atoms with van der Waals surface area (Å²) in [5.74, 6) is -3.27. The lowest BCUT2D eigenvalue weighted by Crippen LogP contribution is -2.59. The number of aromatic nitrogens is 3. The molecule has 2 amide bonds. The molecule has 5 heterocycles. The van der Waals surface area contributed by atoms with Crippen LogP contribution >= 0.6 is 0 Å². The number of hydrogen-bond donors (Lipinski definition) is 1. The maximum absolute atomic E-state index is 14.5. The molecule has 0 radical (unpaired) electrons. The van der Waals surface area contributed by atoms with Gasteiger partial charge < -0.3 is 24.4 Å². The fourth-order valence-corrected chi connectivity index (χ4v) is 6.82. The number of benzene rings is 1. The fourth-order valence-electron chi connectivity index (χ4n) is 6.82. The number of ether oxygens (including phenoxy) is 2. The Labute approximate surface area is 226 Å². The molecule has 1 unspecified atom stereocenters. The van der Waals surface area contributed by atoms with Crippen LogP contribution in [0.3, 0.4) is 0 Å². The molecule has 4 aliphatic rings. The van der Waals surface area contributed by atoms with Gasteiger partial charge in [-0.2, -0.15) is 0 Å². The number of carbonyl (C=O) groups excluding carboxylic acids is 3. The third-order valence-electron chi connectivity index (χ3n) is 8.90. The van der Waals surface area contributed by atoms with Crippen molar-refractivity contribution < 1.29 is 29.0 Å². The molecule has 2 aromatic rings. The van der Waals surface area contributed by atoms with E-state index in [9.17, 15) is 19.5 Å². The van der Waals surface area contributed by atoms with Gasteiger partial charge in [0.2, 0.25) is 5.91 Å². The molecule has 0 bridgehead atoms. The number of rotatable bonds is 6. The van der Waals surface area contributed by atoms with Crippen LogP contribution in [0.1, 0.15) is 27.2 Å². The van der Waals surface area contributed by atoms with E-state index in [2.05, 4.69) is 10.3 Å². The molecule has 7 atom stereocenters. The smallest absolute Gasteiger partial charge is 0.313 e. The third kappa shape index (κ3) is 3.66. The quantitative estimate of drug-likeness (QED) is 0.433. The van der Waals surface area contributed by atoms with Gasteiger partial charge in [-0.05, 0) is 31.1 Å². The molecule has 1 aromatic heterocycles. The number of aliphatic hydroxyl groups excluding tert-OH is 1. The fraction of sp³-hybridized carbons (Fsp3) is 0.536. The van der Waals surface area contributed by atoms with E-state index in [0.717, 1.165) is 5.52 Å². The lowest BCUT2D eigenvalue weighted by Gasteiger charge is -2.41. The number of amides is 2. The highest BCUT2D eigenvalue weighted by molar-refractivity contribution is 5.99. The summed E-state index contributed by atoms with van der Waals surface area (Å²) >= 11 is 0. The van der Waals surface area contributed by atoms with Crippen LogP contribution in [-0.4, -0.2) is 90.7 Å². The Balaban J connectivity index is 1.47. The maximum Gasteiger partial charge on any atom is 0.313 e. The first kappa shape index (κ1) is 25.7. The van der Waals surface area contributed by atoms with Crippen LogP contribution in [0.25, 0.3) is 11.0 Å². The topological polar surface area (TPSA) is 127 Å². The standard InChI is InChI=1S/C28H33N5O6/c1-4-17(2)20(15-34)33-23-25(36)31(16-32-19-10-6-5-9-18(19)29-30-32)13-7-12-28(23)21(24(33)35)22-26(37)38-14-8-11-27(22,3)39-28/h5-12,17,20-23,34H,4,13-16H2,1-3H3/t17-,20-,21-,22-,23?,27+,28-/m0/s1.